The summed E-state index contributed by atoms with van der Waals surface area (Å²) in [5.74, 6) is -0.0104. The van der Waals surface area contributed by atoms with Gasteiger partial charge in [0, 0.05) is 43.3 Å². The maximum atomic E-state index is 12.3. The molecule has 1 aromatic carbocycles. The summed E-state index contributed by atoms with van der Waals surface area (Å²) in [4.78, 5) is 35.2. The Labute approximate surface area is 163 Å². The molecule has 148 valence electrons. The fraction of sp³-hybridized carbons (Fsp3) is 0.400. The molecule has 28 heavy (non-hydrogen) atoms. The Hall–Kier alpha value is -3.16. The molecule has 0 radical (unpaired) electrons. The lowest BCUT2D eigenvalue weighted by atomic mass is 10.1. The van der Waals surface area contributed by atoms with Crippen molar-refractivity contribution in [2.45, 2.75) is 45.2 Å². The molecule has 3 amide bonds. The minimum absolute atomic E-state index is 0.117. The van der Waals surface area contributed by atoms with Gasteiger partial charge in [-0.3, -0.25) is 19.1 Å². The van der Waals surface area contributed by atoms with Gasteiger partial charge in [0.2, 0.25) is 11.8 Å². The quantitative estimate of drug-likeness (QED) is 0.644. The number of amides is 3. The maximum absolute atomic E-state index is 12.3. The van der Waals surface area contributed by atoms with Crippen LogP contribution in [0.25, 0.3) is 0 Å². The number of anilines is 1. The van der Waals surface area contributed by atoms with Gasteiger partial charge in [-0.1, -0.05) is 25.0 Å². The molecular weight excluding hydrogens is 358 g/mol. The molecule has 1 aliphatic rings. The number of nitrogens with zero attached hydrogens (tertiary/aromatic N) is 2. The van der Waals surface area contributed by atoms with Crippen LogP contribution in [0.15, 0.2) is 36.5 Å². The Morgan fingerprint density at radius 1 is 1.11 bits per heavy atom. The Morgan fingerprint density at radius 3 is 2.50 bits per heavy atom. The van der Waals surface area contributed by atoms with Crippen LogP contribution in [0.2, 0.25) is 0 Å². The minimum atomic E-state index is -0.402. The van der Waals surface area contributed by atoms with Crippen LogP contribution in [0.3, 0.4) is 0 Å². The molecule has 0 spiro atoms. The van der Waals surface area contributed by atoms with E-state index in [1.54, 1.807) is 29.1 Å². The lowest BCUT2D eigenvalue weighted by Crippen LogP contribution is -2.28. The summed E-state index contributed by atoms with van der Waals surface area (Å²) in [6.07, 6.45) is 6.07. The van der Waals surface area contributed by atoms with Crippen molar-refractivity contribution in [1.82, 2.24) is 15.1 Å². The molecule has 8 heteroatoms. The number of hydrogen-bond acceptors (Lipinski definition) is 4. The van der Waals surface area contributed by atoms with Gasteiger partial charge < -0.3 is 16.4 Å². The third kappa shape index (κ3) is 5.42. The zero-order chi connectivity index (χ0) is 19.9. The molecule has 1 aromatic heterocycles. The van der Waals surface area contributed by atoms with Gasteiger partial charge in [0.15, 0.2) is 5.82 Å². The number of hydrogen-bond donors (Lipinski definition) is 3. The number of carbonyl (C=O) groups is 3. The molecule has 1 aliphatic carbocycles. The normalized spacial score (nSPS) is 14.0. The second kappa shape index (κ2) is 9.16. The van der Waals surface area contributed by atoms with E-state index in [-0.39, 0.29) is 24.2 Å². The van der Waals surface area contributed by atoms with Crippen molar-refractivity contribution in [3.8, 4) is 0 Å². The van der Waals surface area contributed by atoms with Crippen molar-refractivity contribution >= 4 is 23.5 Å². The van der Waals surface area contributed by atoms with Crippen molar-refractivity contribution in [2.75, 3.05) is 5.32 Å². The first-order chi connectivity index (χ1) is 13.5. The molecule has 8 nitrogen and oxygen atoms in total. The molecule has 0 aliphatic heterocycles. The van der Waals surface area contributed by atoms with Crippen LogP contribution in [0.4, 0.5) is 5.82 Å². The van der Waals surface area contributed by atoms with Gasteiger partial charge in [-0.05, 0) is 30.5 Å². The van der Waals surface area contributed by atoms with Crippen molar-refractivity contribution in [3.05, 3.63) is 47.7 Å². The smallest absolute Gasteiger partial charge is 0.256 e. The molecule has 2 aromatic rings. The van der Waals surface area contributed by atoms with Crippen LogP contribution >= 0.6 is 0 Å². The van der Waals surface area contributed by atoms with Gasteiger partial charge >= 0.3 is 0 Å². The van der Waals surface area contributed by atoms with Gasteiger partial charge in [0.25, 0.3) is 5.91 Å². The van der Waals surface area contributed by atoms with E-state index < -0.39 is 5.91 Å². The number of rotatable bonds is 8. The Kier molecular flexibility index (Phi) is 6.41. The van der Waals surface area contributed by atoms with Crippen LogP contribution in [-0.2, 0) is 22.7 Å². The summed E-state index contributed by atoms with van der Waals surface area (Å²) in [7, 11) is 0. The molecule has 1 heterocycles. The van der Waals surface area contributed by atoms with E-state index in [0.29, 0.717) is 24.5 Å². The van der Waals surface area contributed by atoms with E-state index >= 15 is 0 Å². The summed E-state index contributed by atoms with van der Waals surface area (Å²) in [6, 6.07) is 8.75. The first-order valence-corrected chi connectivity index (χ1v) is 9.51. The van der Waals surface area contributed by atoms with Gasteiger partial charge in [-0.2, -0.15) is 5.10 Å². The fourth-order valence-corrected chi connectivity index (χ4v) is 3.26. The monoisotopic (exact) mass is 383 g/mol. The highest BCUT2D eigenvalue weighted by atomic mass is 16.2. The lowest BCUT2D eigenvalue weighted by Gasteiger charge is -2.10. The summed E-state index contributed by atoms with van der Waals surface area (Å²) >= 11 is 0. The van der Waals surface area contributed by atoms with Crippen molar-refractivity contribution in [1.29, 1.82) is 0 Å². The number of benzene rings is 1. The Balaban J connectivity index is 1.49. The summed E-state index contributed by atoms with van der Waals surface area (Å²) in [6.45, 7) is 0.827. The lowest BCUT2D eigenvalue weighted by molar-refractivity contribution is -0.125. The number of aryl methyl sites for hydroxylation is 1. The fourth-order valence-electron chi connectivity index (χ4n) is 3.26. The van der Waals surface area contributed by atoms with Gasteiger partial charge in [-0.25, -0.2) is 0 Å². The highest BCUT2D eigenvalue weighted by Crippen LogP contribution is 2.24. The molecule has 1 saturated carbocycles. The zero-order valence-electron chi connectivity index (χ0n) is 15.7. The van der Waals surface area contributed by atoms with E-state index in [1.165, 1.54) is 0 Å². The number of carbonyl (C=O) groups excluding carboxylic acids is 3. The highest BCUT2D eigenvalue weighted by molar-refractivity contribution is 6.03. The molecule has 0 unspecified atom stereocenters. The van der Waals surface area contributed by atoms with E-state index in [2.05, 4.69) is 15.7 Å². The zero-order valence-corrected chi connectivity index (χ0v) is 15.7. The van der Waals surface area contributed by atoms with Crippen molar-refractivity contribution in [2.24, 2.45) is 11.7 Å². The van der Waals surface area contributed by atoms with Gasteiger partial charge in [-0.15, -0.1) is 0 Å². The predicted octanol–water partition coefficient (Wildman–Crippen LogP) is 1.82. The van der Waals surface area contributed by atoms with Crippen LogP contribution in [0, 0.1) is 5.92 Å². The maximum Gasteiger partial charge on any atom is 0.256 e. The highest BCUT2D eigenvalue weighted by Gasteiger charge is 2.22. The topological polar surface area (TPSA) is 119 Å². The Morgan fingerprint density at radius 2 is 1.82 bits per heavy atom. The number of aromatic nitrogens is 2. The largest absolute Gasteiger partial charge is 0.370 e. The van der Waals surface area contributed by atoms with Crippen molar-refractivity contribution in [3.63, 3.8) is 0 Å². The van der Waals surface area contributed by atoms with Crippen LogP contribution < -0.4 is 16.4 Å². The third-order valence-corrected chi connectivity index (χ3v) is 4.88. The van der Waals surface area contributed by atoms with E-state index in [0.717, 1.165) is 31.2 Å². The van der Waals surface area contributed by atoms with E-state index in [4.69, 9.17) is 5.73 Å². The minimum Gasteiger partial charge on any atom is -0.370 e. The van der Waals surface area contributed by atoms with Crippen LogP contribution in [-0.4, -0.2) is 27.5 Å². The summed E-state index contributed by atoms with van der Waals surface area (Å²) < 4.78 is 1.55. The van der Waals surface area contributed by atoms with Gasteiger partial charge in [0.1, 0.15) is 0 Å². The standard InChI is InChI=1S/C20H25N5O3/c21-17(26)9-11-25-12-10-18(24-25)23-20(28)16-7-5-14(6-8-16)13-22-19(27)15-3-1-2-4-15/h5-8,10,12,15H,1-4,9,11,13H2,(H2,21,26)(H,22,27)(H,23,24,28). The van der Waals surface area contributed by atoms with E-state index in [1.807, 2.05) is 12.1 Å². The predicted molar refractivity (Wildman–Crippen MR) is 104 cm³/mol. The summed E-state index contributed by atoms with van der Waals surface area (Å²) in [5.41, 5.74) is 6.55. The SMILES string of the molecule is NC(=O)CCn1ccc(NC(=O)c2ccc(CNC(=O)C3CCCC3)cc2)n1. The summed E-state index contributed by atoms with van der Waals surface area (Å²) in [5, 5.41) is 9.86. The molecule has 3 rings (SSSR count). The van der Waals surface area contributed by atoms with E-state index in [9.17, 15) is 14.4 Å². The molecule has 0 saturated heterocycles. The van der Waals surface area contributed by atoms with Crippen LogP contribution in [0.1, 0.15) is 48.0 Å². The third-order valence-electron chi connectivity index (χ3n) is 4.88. The van der Waals surface area contributed by atoms with Crippen LogP contribution in [0.5, 0.6) is 0 Å². The molecule has 0 atom stereocenters. The average Bonchev–Trinajstić information content (AvgIpc) is 3.37. The molecular formula is C20H25N5O3. The Bertz CT molecular complexity index is 838. The molecule has 4 N–H and O–H groups in total. The number of nitrogens with two attached hydrogens (primary N) is 1. The van der Waals surface area contributed by atoms with Gasteiger partial charge in [0.05, 0.1) is 0 Å². The first-order valence-electron chi connectivity index (χ1n) is 9.51. The number of primary amides is 1. The van der Waals surface area contributed by atoms with Crippen molar-refractivity contribution < 1.29 is 14.4 Å². The first kappa shape index (κ1) is 19.6. The second-order valence-electron chi connectivity index (χ2n) is 7.03. The molecule has 0 bridgehead atoms. The number of nitrogens with one attached hydrogen (secondary N) is 2. The average molecular weight is 383 g/mol. The molecule has 1 fully saturated rings. The second-order valence-corrected chi connectivity index (χ2v) is 7.03.